The van der Waals surface area contributed by atoms with Crippen molar-refractivity contribution in [2.24, 2.45) is 11.1 Å². The van der Waals surface area contributed by atoms with E-state index in [4.69, 9.17) is 5.73 Å². The van der Waals surface area contributed by atoms with Gasteiger partial charge in [0, 0.05) is 11.5 Å². The van der Waals surface area contributed by atoms with Gasteiger partial charge in [-0.05, 0) is 39.5 Å². The first-order valence-corrected chi connectivity index (χ1v) is 7.57. The van der Waals surface area contributed by atoms with Crippen molar-refractivity contribution in [3.8, 4) is 6.07 Å². The summed E-state index contributed by atoms with van der Waals surface area (Å²) in [5.41, 5.74) is 7.10. The molecule has 0 aromatic heterocycles. The zero-order valence-electron chi connectivity index (χ0n) is 12.6. The maximum Gasteiger partial charge on any atom is 0.241 e. The Hall–Kier alpha value is -1.34. The summed E-state index contributed by atoms with van der Waals surface area (Å²) in [5.74, 6) is -0.0635. The molecule has 1 heterocycles. The highest BCUT2D eigenvalue weighted by Gasteiger charge is 2.47. The second-order valence-corrected chi connectivity index (χ2v) is 6.44. The number of hydrogen-bond acceptors (Lipinski definition) is 3. The van der Waals surface area contributed by atoms with E-state index in [9.17, 15) is 10.1 Å². The van der Waals surface area contributed by atoms with Crippen LogP contribution in [0.5, 0.6) is 0 Å². The molecule has 20 heavy (non-hydrogen) atoms. The van der Waals surface area contributed by atoms with Crippen molar-refractivity contribution in [3.63, 3.8) is 0 Å². The lowest BCUT2D eigenvalue weighted by Crippen LogP contribution is -2.55. The van der Waals surface area contributed by atoms with Crippen LogP contribution in [0.3, 0.4) is 0 Å². The van der Waals surface area contributed by atoms with Crippen molar-refractivity contribution in [2.75, 3.05) is 0 Å². The van der Waals surface area contributed by atoms with Crippen LogP contribution < -0.4 is 5.73 Å². The molecule has 0 bridgehead atoms. The monoisotopic (exact) mass is 275 g/mol. The maximum absolute atomic E-state index is 12.8. The molecule has 1 aliphatic carbocycles. The van der Waals surface area contributed by atoms with Crippen LogP contribution in [0, 0.1) is 16.7 Å². The van der Waals surface area contributed by atoms with Crippen LogP contribution in [0.2, 0.25) is 0 Å². The summed E-state index contributed by atoms with van der Waals surface area (Å²) < 4.78 is 0. The Bertz CT molecular complexity index is 445. The first-order valence-electron chi connectivity index (χ1n) is 7.57. The molecule has 1 saturated carbocycles. The van der Waals surface area contributed by atoms with Crippen LogP contribution in [0.25, 0.3) is 0 Å². The van der Waals surface area contributed by atoms with Crippen LogP contribution in [0.4, 0.5) is 0 Å². The summed E-state index contributed by atoms with van der Waals surface area (Å²) in [7, 11) is 0. The Morgan fingerprint density at radius 1 is 1.45 bits per heavy atom. The minimum absolute atomic E-state index is 0.0635. The number of rotatable bonds is 3. The van der Waals surface area contributed by atoms with Gasteiger partial charge < -0.3 is 10.6 Å². The lowest BCUT2D eigenvalue weighted by Gasteiger charge is -2.38. The van der Waals surface area contributed by atoms with Crippen molar-refractivity contribution in [2.45, 2.75) is 70.5 Å². The third kappa shape index (κ3) is 2.25. The molecular formula is C16H25N3O. The number of nitrogens with zero attached hydrogens (tertiary/aromatic N) is 2. The molecule has 4 nitrogen and oxygen atoms in total. The van der Waals surface area contributed by atoms with E-state index in [0.29, 0.717) is 0 Å². The molecular weight excluding hydrogens is 250 g/mol. The molecule has 1 saturated heterocycles. The molecule has 2 rings (SSSR count). The number of nitrogens with two attached hydrogens (primary N) is 1. The van der Waals surface area contributed by atoms with Gasteiger partial charge in [-0.2, -0.15) is 5.26 Å². The van der Waals surface area contributed by atoms with Crippen molar-refractivity contribution < 1.29 is 4.79 Å². The van der Waals surface area contributed by atoms with Crippen LogP contribution in [-0.4, -0.2) is 28.9 Å². The van der Waals surface area contributed by atoms with E-state index in [1.165, 1.54) is 0 Å². The third-order valence-corrected chi connectivity index (χ3v) is 5.28. The van der Waals surface area contributed by atoms with E-state index in [0.717, 1.165) is 44.1 Å². The van der Waals surface area contributed by atoms with E-state index in [1.54, 1.807) is 4.90 Å². The average molecular weight is 275 g/mol. The molecule has 110 valence electrons. The van der Waals surface area contributed by atoms with Crippen molar-refractivity contribution in [1.29, 1.82) is 5.26 Å². The second kappa shape index (κ2) is 5.57. The molecule has 0 spiro atoms. The molecule has 4 heteroatoms. The Morgan fingerprint density at radius 3 is 2.55 bits per heavy atom. The van der Waals surface area contributed by atoms with Gasteiger partial charge in [0.2, 0.25) is 5.91 Å². The molecule has 0 aromatic rings. The van der Waals surface area contributed by atoms with Crippen molar-refractivity contribution >= 4 is 5.91 Å². The van der Waals surface area contributed by atoms with Gasteiger partial charge in [-0.3, -0.25) is 4.79 Å². The summed E-state index contributed by atoms with van der Waals surface area (Å²) in [4.78, 5) is 14.5. The summed E-state index contributed by atoms with van der Waals surface area (Å²) >= 11 is 0. The summed E-state index contributed by atoms with van der Waals surface area (Å²) in [6.45, 7) is 8.07. The van der Waals surface area contributed by atoms with Crippen LogP contribution >= 0.6 is 0 Å². The SMILES string of the molecule is C=C(C)C1(C(N)C(=O)N2C(C#N)CC[C@H]2C)CCCC1. The first-order chi connectivity index (χ1) is 9.44. The zero-order valence-corrected chi connectivity index (χ0v) is 12.6. The van der Waals surface area contributed by atoms with Gasteiger partial charge in [0.05, 0.1) is 12.1 Å². The molecule has 3 atom stereocenters. The summed E-state index contributed by atoms with van der Waals surface area (Å²) in [6, 6.07) is 1.48. The van der Waals surface area contributed by atoms with E-state index in [1.807, 2.05) is 13.8 Å². The Labute approximate surface area is 121 Å². The lowest BCUT2D eigenvalue weighted by molar-refractivity contribution is -0.136. The van der Waals surface area contributed by atoms with E-state index in [-0.39, 0.29) is 23.4 Å². The van der Waals surface area contributed by atoms with Crippen LogP contribution in [0.1, 0.15) is 52.4 Å². The summed E-state index contributed by atoms with van der Waals surface area (Å²) in [6.07, 6.45) is 5.73. The quantitative estimate of drug-likeness (QED) is 0.804. The molecule has 2 unspecified atom stereocenters. The highest BCUT2D eigenvalue weighted by Crippen LogP contribution is 2.46. The van der Waals surface area contributed by atoms with Gasteiger partial charge in [0.25, 0.3) is 0 Å². The van der Waals surface area contributed by atoms with Gasteiger partial charge in [-0.1, -0.05) is 25.0 Å². The molecule has 2 aliphatic rings. The predicted octanol–water partition coefficient (Wildman–Crippen LogP) is 2.35. The Balaban J connectivity index is 2.24. The number of carbonyl (C=O) groups excluding carboxylic acids is 1. The largest absolute Gasteiger partial charge is 0.323 e. The highest BCUT2D eigenvalue weighted by molar-refractivity contribution is 5.84. The minimum Gasteiger partial charge on any atom is -0.323 e. The zero-order chi connectivity index (χ0) is 14.9. The first kappa shape index (κ1) is 15.1. The Morgan fingerprint density at radius 2 is 2.05 bits per heavy atom. The fourth-order valence-corrected chi connectivity index (χ4v) is 3.89. The minimum atomic E-state index is -0.557. The molecule has 2 fully saturated rings. The van der Waals surface area contributed by atoms with Gasteiger partial charge in [-0.25, -0.2) is 0 Å². The molecule has 2 N–H and O–H groups in total. The number of likely N-dealkylation sites (tertiary alicyclic amines) is 1. The van der Waals surface area contributed by atoms with E-state index >= 15 is 0 Å². The van der Waals surface area contributed by atoms with Crippen molar-refractivity contribution in [3.05, 3.63) is 12.2 Å². The van der Waals surface area contributed by atoms with Gasteiger partial charge >= 0.3 is 0 Å². The van der Waals surface area contributed by atoms with E-state index < -0.39 is 6.04 Å². The smallest absolute Gasteiger partial charge is 0.241 e. The molecule has 1 amide bonds. The normalized spacial score (nSPS) is 30.0. The highest BCUT2D eigenvalue weighted by atomic mass is 16.2. The number of amides is 1. The predicted molar refractivity (Wildman–Crippen MR) is 78.6 cm³/mol. The summed E-state index contributed by atoms with van der Waals surface area (Å²) in [5, 5.41) is 9.22. The van der Waals surface area contributed by atoms with Gasteiger partial charge in [0.15, 0.2) is 0 Å². The fourth-order valence-electron chi connectivity index (χ4n) is 3.89. The second-order valence-electron chi connectivity index (χ2n) is 6.44. The van der Waals surface area contributed by atoms with E-state index in [2.05, 4.69) is 12.6 Å². The standard InChI is InChI=1S/C16H25N3O/c1-11(2)16(8-4-5-9-16)14(18)15(20)19-12(3)6-7-13(19)10-17/h12-14H,1,4-9,18H2,2-3H3/t12-,13?,14?/m1/s1. The van der Waals surface area contributed by atoms with Gasteiger partial charge in [-0.15, -0.1) is 0 Å². The maximum atomic E-state index is 12.8. The lowest BCUT2D eigenvalue weighted by atomic mass is 9.73. The van der Waals surface area contributed by atoms with Gasteiger partial charge in [0.1, 0.15) is 6.04 Å². The molecule has 0 aromatic carbocycles. The Kier molecular flexibility index (Phi) is 4.19. The van der Waals surface area contributed by atoms with Crippen LogP contribution in [0.15, 0.2) is 12.2 Å². The number of hydrogen-bond donors (Lipinski definition) is 1. The topological polar surface area (TPSA) is 70.1 Å². The molecule has 1 aliphatic heterocycles. The average Bonchev–Trinajstić information content (AvgIpc) is 3.04. The van der Waals surface area contributed by atoms with Crippen molar-refractivity contribution in [1.82, 2.24) is 4.90 Å². The number of nitriles is 1. The fraction of sp³-hybridized carbons (Fsp3) is 0.750. The number of carbonyl (C=O) groups is 1. The van der Waals surface area contributed by atoms with Crippen LogP contribution in [-0.2, 0) is 4.79 Å². The third-order valence-electron chi connectivity index (χ3n) is 5.28. The molecule has 0 radical (unpaired) electrons.